The standard InChI is InChI=1S/C22H29NO5S2/c1-5-28-21(24)22(15-18-6-8-19(27-4)9-7-18)10-12-23(13-11-22)30(25,26)20-14-16(2)29-17(20)3/h6-9,14H,5,10-13,15H2,1-4H3. The van der Waals surface area contributed by atoms with E-state index >= 15 is 0 Å². The Hall–Kier alpha value is -1.90. The van der Waals surface area contributed by atoms with E-state index in [0.29, 0.717) is 43.9 Å². The van der Waals surface area contributed by atoms with E-state index in [1.807, 2.05) is 38.1 Å². The minimum atomic E-state index is -3.57. The van der Waals surface area contributed by atoms with E-state index in [1.54, 1.807) is 20.1 Å². The zero-order valence-electron chi connectivity index (χ0n) is 17.9. The molecule has 0 saturated carbocycles. The maximum atomic E-state index is 13.2. The minimum Gasteiger partial charge on any atom is -0.497 e. The SMILES string of the molecule is CCOC(=O)C1(Cc2ccc(OC)cc2)CCN(S(=O)(=O)c2cc(C)sc2C)CC1. The summed E-state index contributed by atoms with van der Waals surface area (Å²) in [6.07, 6.45) is 1.37. The van der Waals surface area contributed by atoms with Crippen LogP contribution in [0.25, 0.3) is 0 Å². The molecule has 1 aliphatic heterocycles. The Bertz CT molecular complexity index is 987. The van der Waals surface area contributed by atoms with Gasteiger partial charge in [0, 0.05) is 22.8 Å². The summed E-state index contributed by atoms with van der Waals surface area (Å²) in [5, 5.41) is 0. The van der Waals surface area contributed by atoms with Crippen LogP contribution in [0.2, 0.25) is 0 Å². The number of carbonyl (C=O) groups is 1. The third-order valence-electron chi connectivity index (χ3n) is 5.70. The molecule has 30 heavy (non-hydrogen) atoms. The van der Waals surface area contributed by atoms with Crippen LogP contribution in [-0.4, -0.2) is 45.5 Å². The lowest BCUT2D eigenvalue weighted by atomic mass is 9.74. The second-order valence-electron chi connectivity index (χ2n) is 7.71. The van der Waals surface area contributed by atoms with Crippen molar-refractivity contribution in [2.45, 2.75) is 44.9 Å². The number of rotatable bonds is 7. The first-order chi connectivity index (χ1) is 14.2. The third kappa shape index (κ3) is 4.55. The highest BCUT2D eigenvalue weighted by Crippen LogP contribution is 2.39. The second kappa shape index (κ2) is 9.08. The van der Waals surface area contributed by atoms with E-state index in [1.165, 1.54) is 15.6 Å². The number of hydrogen-bond donors (Lipinski definition) is 0. The molecule has 0 amide bonds. The fourth-order valence-electron chi connectivity index (χ4n) is 4.03. The van der Waals surface area contributed by atoms with Crippen molar-refractivity contribution in [2.24, 2.45) is 5.41 Å². The number of aryl methyl sites for hydroxylation is 2. The van der Waals surface area contributed by atoms with Crippen molar-refractivity contribution in [1.29, 1.82) is 0 Å². The summed E-state index contributed by atoms with van der Waals surface area (Å²) >= 11 is 1.49. The van der Waals surface area contributed by atoms with Gasteiger partial charge >= 0.3 is 5.97 Å². The smallest absolute Gasteiger partial charge is 0.312 e. The summed E-state index contributed by atoms with van der Waals surface area (Å²) < 4.78 is 38.4. The zero-order valence-corrected chi connectivity index (χ0v) is 19.6. The number of carbonyl (C=O) groups excluding carboxylic acids is 1. The Morgan fingerprint density at radius 1 is 1.17 bits per heavy atom. The van der Waals surface area contributed by atoms with Gasteiger partial charge in [0.05, 0.1) is 24.0 Å². The zero-order chi connectivity index (χ0) is 21.9. The van der Waals surface area contributed by atoms with Gasteiger partial charge in [-0.3, -0.25) is 4.79 Å². The summed E-state index contributed by atoms with van der Waals surface area (Å²) in [6.45, 7) is 6.44. The number of esters is 1. The van der Waals surface area contributed by atoms with Crippen LogP contribution < -0.4 is 4.74 Å². The largest absolute Gasteiger partial charge is 0.497 e. The van der Waals surface area contributed by atoms with E-state index in [2.05, 4.69) is 0 Å². The highest BCUT2D eigenvalue weighted by atomic mass is 32.2. The lowest BCUT2D eigenvalue weighted by Gasteiger charge is -2.39. The maximum Gasteiger partial charge on any atom is 0.312 e. The molecule has 164 valence electrons. The summed E-state index contributed by atoms with van der Waals surface area (Å²) in [6, 6.07) is 9.37. The molecule has 8 heteroatoms. The first-order valence-corrected chi connectivity index (χ1v) is 12.3. The molecular formula is C22H29NO5S2. The number of sulfonamides is 1. The van der Waals surface area contributed by atoms with Crippen LogP contribution in [0.15, 0.2) is 35.2 Å². The van der Waals surface area contributed by atoms with Crippen molar-refractivity contribution in [3.05, 3.63) is 45.6 Å². The van der Waals surface area contributed by atoms with E-state index in [-0.39, 0.29) is 5.97 Å². The maximum absolute atomic E-state index is 13.2. The number of thiophene rings is 1. The molecule has 2 aromatic rings. The Morgan fingerprint density at radius 2 is 1.80 bits per heavy atom. The number of hydrogen-bond acceptors (Lipinski definition) is 6. The van der Waals surface area contributed by atoms with Gasteiger partial charge in [0.2, 0.25) is 10.0 Å². The lowest BCUT2D eigenvalue weighted by Crippen LogP contribution is -2.48. The molecule has 0 N–H and O–H groups in total. The molecule has 0 bridgehead atoms. The Balaban J connectivity index is 1.82. The van der Waals surface area contributed by atoms with Crippen molar-refractivity contribution in [1.82, 2.24) is 4.31 Å². The van der Waals surface area contributed by atoms with Crippen molar-refractivity contribution in [3.63, 3.8) is 0 Å². The van der Waals surface area contributed by atoms with Crippen LogP contribution >= 0.6 is 11.3 Å². The summed E-state index contributed by atoms with van der Waals surface area (Å²) in [5.41, 5.74) is 0.278. The molecule has 1 saturated heterocycles. The van der Waals surface area contributed by atoms with E-state index in [0.717, 1.165) is 21.1 Å². The van der Waals surface area contributed by atoms with E-state index in [4.69, 9.17) is 9.47 Å². The predicted molar refractivity (Wildman–Crippen MR) is 118 cm³/mol. The van der Waals surface area contributed by atoms with Crippen LogP contribution in [0, 0.1) is 19.3 Å². The number of piperidine rings is 1. The Kier molecular flexibility index (Phi) is 6.89. The van der Waals surface area contributed by atoms with Crippen LogP contribution in [0.5, 0.6) is 5.75 Å². The van der Waals surface area contributed by atoms with Crippen LogP contribution in [-0.2, 0) is 26.0 Å². The molecule has 0 atom stereocenters. The molecule has 2 heterocycles. The highest BCUT2D eigenvalue weighted by Gasteiger charge is 2.45. The van der Waals surface area contributed by atoms with Gasteiger partial charge in [-0.05, 0) is 63.8 Å². The molecule has 6 nitrogen and oxygen atoms in total. The number of benzene rings is 1. The molecule has 0 unspecified atom stereocenters. The first kappa shape index (κ1) is 22.8. The average Bonchev–Trinajstić information content (AvgIpc) is 3.08. The summed E-state index contributed by atoms with van der Waals surface area (Å²) in [4.78, 5) is 15.1. The van der Waals surface area contributed by atoms with Gasteiger partial charge in [0.15, 0.2) is 0 Å². The first-order valence-electron chi connectivity index (χ1n) is 10.1. The molecule has 1 aromatic carbocycles. The van der Waals surface area contributed by atoms with Gasteiger partial charge in [-0.15, -0.1) is 11.3 Å². The fourth-order valence-corrected chi connectivity index (χ4v) is 6.99. The van der Waals surface area contributed by atoms with Crippen molar-refractivity contribution in [3.8, 4) is 5.75 Å². The normalized spacial score (nSPS) is 16.9. The number of methoxy groups -OCH3 is 1. The van der Waals surface area contributed by atoms with Crippen molar-refractivity contribution < 1.29 is 22.7 Å². The third-order valence-corrected chi connectivity index (χ3v) is 8.82. The molecule has 0 spiro atoms. The molecule has 1 fully saturated rings. The van der Waals surface area contributed by atoms with E-state index in [9.17, 15) is 13.2 Å². The molecular weight excluding hydrogens is 422 g/mol. The minimum absolute atomic E-state index is 0.250. The highest BCUT2D eigenvalue weighted by molar-refractivity contribution is 7.89. The van der Waals surface area contributed by atoms with Gasteiger partial charge in [0.1, 0.15) is 5.75 Å². The van der Waals surface area contributed by atoms with Gasteiger partial charge in [-0.25, -0.2) is 8.42 Å². The van der Waals surface area contributed by atoms with E-state index < -0.39 is 15.4 Å². The Morgan fingerprint density at radius 3 is 2.30 bits per heavy atom. The fraction of sp³-hybridized carbons (Fsp3) is 0.500. The van der Waals surface area contributed by atoms with Crippen LogP contribution in [0.1, 0.15) is 35.1 Å². The molecule has 1 aromatic heterocycles. The van der Waals surface area contributed by atoms with Crippen molar-refractivity contribution >= 4 is 27.3 Å². The van der Waals surface area contributed by atoms with Crippen LogP contribution in [0.4, 0.5) is 0 Å². The Labute approximate surface area is 182 Å². The van der Waals surface area contributed by atoms with Gasteiger partial charge < -0.3 is 9.47 Å². The second-order valence-corrected chi connectivity index (χ2v) is 11.1. The van der Waals surface area contributed by atoms with Gasteiger partial charge in [-0.1, -0.05) is 12.1 Å². The molecule has 1 aliphatic rings. The average molecular weight is 452 g/mol. The number of ether oxygens (including phenoxy) is 2. The topological polar surface area (TPSA) is 72.9 Å². The number of nitrogens with zero attached hydrogens (tertiary/aromatic N) is 1. The summed E-state index contributed by atoms with van der Waals surface area (Å²) in [7, 11) is -1.95. The monoisotopic (exact) mass is 451 g/mol. The quantitative estimate of drug-likeness (QED) is 0.596. The van der Waals surface area contributed by atoms with Crippen molar-refractivity contribution in [2.75, 3.05) is 26.8 Å². The summed E-state index contributed by atoms with van der Waals surface area (Å²) in [5.74, 6) is 0.506. The molecule has 0 radical (unpaired) electrons. The van der Waals surface area contributed by atoms with Gasteiger partial charge in [0.25, 0.3) is 0 Å². The molecule has 0 aliphatic carbocycles. The lowest BCUT2D eigenvalue weighted by molar-refractivity contribution is -0.158. The van der Waals surface area contributed by atoms with Crippen LogP contribution in [0.3, 0.4) is 0 Å². The molecule has 3 rings (SSSR count). The predicted octanol–water partition coefficient (Wildman–Crippen LogP) is 3.95. The van der Waals surface area contributed by atoms with Gasteiger partial charge in [-0.2, -0.15) is 4.31 Å².